The van der Waals surface area contributed by atoms with E-state index in [2.05, 4.69) is 19.6 Å². The zero-order chi connectivity index (χ0) is 13.7. The maximum Gasteiger partial charge on any atom is 0.308 e. The van der Waals surface area contributed by atoms with E-state index in [1.165, 1.54) is 7.11 Å². The molecule has 0 rings (SSSR count). The monoisotopic (exact) mass is 260 g/mol. The van der Waals surface area contributed by atoms with Crippen molar-refractivity contribution in [3.63, 3.8) is 0 Å². The maximum atomic E-state index is 11.9. The molecule has 0 amide bonds. The molecule has 100 valence electrons. The SMILES string of the molecule is CCOC(=O)CCC(C)(C(=O)OC)[Si](C)(C)C. The molecular weight excluding hydrogens is 236 g/mol. The van der Waals surface area contributed by atoms with E-state index >= 15 is 0 Å². The van der Waals surface area contributed by atoms with Gasteiger partial charge in [0.25, 0.3) is 0 Å². The Morgan fingerprint density at radius 2 is 1.76 bits per heavy atom. The highest BCUT2D eigenvalue weighted by Crippen LogP contribution is 2.43. The zero-order valence-electron chi connectivity index (χ0n) is 11.8. The summed E-state index contributed by atoms with van der Waals surface area (Å²) in [4.78, 5) is 23.3. The fourth-order valence-electron chi connectivity index (χ4n) is 1.59. The third-order valence-corrected chi connectivity index (χ3v) is 7.19. The molecule has 5 heteroatoms. The number of hydrogen-bond donors (Lipinski definition) is 0. The molecule has 0 fully saturated rings. The van der Waals surface area contributed by atoms with Crippen LogP contribution in [0.25, 0.3) is 0 Å². The lowest BCUT2D eigenvalue weighted by molar-refractivity contribution is -0.146. The molecule has 0 aliphatic heterocycles. The van der Waals surface area contributed by atoms with Gasteiger partial charge >= 0.3 is 11.9 Å². The standard InChI is InChI=1S/C12H24O4Si/c1-7-16-10(13)8-9-12(2,11(14)15-3)17(4,5)6/h7-9H2,1-6H3. The molecule has 1 unspecified atom stereocenters. The summed E-state index contributed by atoms with van der Waals surface area (Å²) < 4.78 is 9.77. The molecular formula is C12H24O4Si. The van der Waals surface area contributed by atoms with Crippen LogP contribution in [0.4, 0.5) is 0 Å². The van der Waals surface area contributed by atoms with E-state index in [1.54, 1.807) is 6.92 Å². The molecule has 0 aromatic heterocycles. The van der Waals surface area contributed by atoms with Gasteiger partial charge in [0.2, 0.25) is 0 Å². The molecule has 4 nitrogen and oxygen atoms in total. The summed E-state index contributed by atoms with van der Waals surface area (Å²) in [7, 11) is -0.373. The minimum absolute atomic E-state index is 0.221. The van der Waals surface area contributed by atoms with E-state index in [0.29, 0.717) is 13.0 Å². The van der Waals surface area contributed by atoms with Gasteiger partial charge in [-0.2, -0.15) is 0 Å². The first-order valence-electron chi connectivity index (χ1n) is 5.93. The lowest BCUT2D eigenvalue weighted by Gasteiger charge is -2.37. The Morgan fingerprint density at radius 3 is 2.12 bits per heavy atom. The number of esters is 2. The number of carbonyl (C=O) groups excluding carboxylic acids is 2. The predicted molar refractivity (Wildman–Crippen MR) is 69.6 cm³/mol. The summed E-state index contributed by atoms with van der Waals surface area (Å²) >= 11 is 0. The number of methoxy groups -OCH3 is 1. The summed E-state index contributed by atoms with van der Waals surface area (Å²) in [5.74, 6) is -0.471. The van der Waals surface area contributed by atoms with Gasteiger partial charge in [-0.05, 0) is 13.3 Å². The van der Waals surface area contributed by atoms with Crippen LogP contribution in [0.15, 0.2) is 0 Å². The highest BCUT2D eigenvalue weighted by molar-refractivity contribution is 6.82. The first-order chi connectivity index (χ1) is 7.69. The van der Waals surface area contributed by atoms with E-state index in [1.807, 2.05) is 6.92 Å². The van der Waals surface area contributed by atoms with Crippen molar-refractivity contribution >= 4 is 20.0 Å². The van der Waals surface area contributed by atoms with E-state index in [9.17, 15) is 9.59 Å². The van der Waals surface area contributed by atoms with Crippen molar-refractivity contribution in [1.29, 1.82) is 0 Å². The summed E-state index contributed by atoms with van der Waals surface area (Å²) in [6.45, 7) is 10.4. The summed E-state index contributed by atoms with van der Waals surface area (Å²) in [6.07, 6.45) is 0.762. The van der Waals surface area contributed by atoms with E-state index in [-0.39, 0.29) is 18.4 Å². The van der Waals surface area contributed by atoms with Crippen LogP contribution in [0.2, 0.25) is 24.7 Å². The first kappa shape index (κ1) is 16.2. The maximum absolute atomic E-state index is 11.9. The van der Waals surface area contributed by atoms with Gasteiger partial charge in [0.15, 0.2) is 0 Å². The van der Waals surface area contributed by atoms with Crippen molar-refractivity contribution in [2.45, 2.75) is 51.4 Å². The van der Waals surface area contributed by atoms with Crippen LogP contribution in [0.3, 0.4) is 0 Å². The van der Waals surface area contributed by atoms with Gasteiger partial charge in [0, 0.05) is 6.42 Å². The van der Waals surface area contributed by atoms with Gasteiger partial charge < -0.3 is 9.47 Å². The Balaban J connectivity index is 4.74. The topological polar surface area (TPSA) is 52.6 Å². The van der Waals surface area contributed by atoms with E-state index in [4.69, 9.17) is 9.47 Å². The van der Waals surface area contributed by atoms with Crippen molar-refractivity contribution in [2.75, 3.05) is 13.7 Å². The van der Waals surface area contributed by atoms with Crippen LogP contribution < -0.4 is 0 Å². The molecule has 0 aliphatic rings. The average Bonchev–Trinajstić information content (AvgIpc) is 2.23. The Morgan fingerprint density at radius 1 is 1.24 bits per heavy atom. The van der Waals surface area contributed by atoms with Crippen molar-refractivity contribution in [1.82, 2.24) is 0 Å². The van der Waals surface area contributed by atoms with Crippen molar-refractivity contribution in [2.24, 2.45) is 0 Å². The molecule has 0 aliphatic carbocycles. The second-order valence-corrected chi connectivity index (χ2v) is 11.0. The molecule has 0 aromatic carbocycles. The summed E-state index contributed by atoms with van der Waals surface area (Å²) in [5.41, 5.74) is 0. The van der Waals surface area contributed by atoms with Gasteiger partial charge in [-0.25, -0.2) is 0 Å². The third-order valence-electron chi connectivity index (χ3n) is 3.43. The lowest BCUT2D eigenvalue weighted by Crippen LogP contribution is -2.44. The molecule has 0 N–H and O–H groups in total. The highest BCUT2D eigenvalue weighted by Gasteiger charge is 2.46. The molecule has 0 bridgehead atoms. The molecule has 0 aromatic rings. The van der Waals surface area contributed by atoms with Crippen LogP contribution in [-0.2, 0) is 19.1 Å². The Bertz CT molecular complexity index is 283. The quantitative estimate of drug-likeness (QED) is 0.544. The third kappa shape index (κ3) is 4.15. The number of hydrogen-bond acceptors (Lipinski definition) is 4. The minimum Gasteiger partial charge on any atom is -0.469 e. The number of ether oxygens (including phenoxy) is 2. The largest absolute Gasteiger partial charge is 0.469 e. The van der Waals surface area contributed by atoms with Gasteiger partial charge in [-0.15, -0.1) is 0 Å². The van der Waals surface area contributed by atoms with Crippen LogP contribution in [0.5, 0.6) is 0 Å². The summed E-state index contributed by atoms with van der Waals surface area (Å²) in [6, 6.07) is 0. The molecule has 0 spiro atoms. The van der Waals surface area contributed by atoms with E-state index < -0.39 is 13.1 Å². The Kier molecular flexibility index (Phi) is 5.88. The van der Waals surface area contributed by atoms with Crippen LogP contribution in [0, 0.1) is 0 Å². The van der Waals surface area contributed by atoms with Crippen molar-refractivity contribution in [3.05, 3.63) is 0 Å². The second-order valence-electron chi connectivity index (χ2n) is 5.38. The predicted octanol–water partition coefficient (Wildman–Crippen LogP) is 2.60. The van der Waals surface area contributed by atoms with Crippen LogP contribution >= 0.6 is 0 Å². The minimum atomic E-state index is -1.77. The molecule has 1 atom stereocenters. The smallest absolute Gasteiger partial charge is 0.308 e. The van der Waals surface area contributed by atoms with Gasteiger partial charge in [-0.3, -0.25) is 9.59 Å². The molecule has 0 heterocycles. The van der Waals surface area contributed by atoms with Crippen molar-refractivity contribution < 1.29 is 19.1 Å². The fraction of sp³-hybridized carbons (Fsp3) is 0.833. The summed E-state index contributed by atoms with van der Waals surface area (Å²) in [5, 5.41) is -0.547. The lowest BCUT2D eigenvalue weighted by atomic mass is 10.0. The molecule has 0 saturated heterocycles. The molecule has 17 heavy (non-hydrogen) atoms. The Hall–Kier alpha value is -0.843. The number of rotatable bonds is 6. The van der Waals surface area contributed by atoms with Gasteiger partial charge in [-0.1, -0.05) is 26.6 Å². The van der Waals surface area contributed by atoms with Crippen LogP contribution in [0.1, 0.15) is 26.7 Å². The second kappa shape index (κ2) is 6.19. The fourth-order valence-corrected chi connectivity index (χ4v) is 3.18. The van der Waals surface area contributed by atoms with Crippen molar-refractivity contribution in [3.8, 4) is 0 Å². The van der Waals surface area contributed by atoms with Gasteiger partial charge in [0.05, 0.1) is 26.8 Å². The number of carbonyl (C=O) groups is 2. The van der Waals surface area contributed by atoms with E-state index in [0.717, 1.165) is 0 Å². The highest BCUT2D eigenvalue weighted by atomic mass is 28.3. The molecule has 0 radical (unpaired) electrons. The Labute approximate surface area is 105 Å². The zero-order valence-corrected chi connectivity index (χ0v) is 12.8. The first-order valence-corrected chi connectivity index (χ1v) is 9.43. The average molecular weight is 260 g/mol. The van der Waals surface area contributed by atoms with Gasteiger partial charge in [0.1, 0.15) is 0 Å². The van der Waals surface area contributed by atoms with Crippen LogP contribution in [-0.4, -0.2) is 33.7 Å². The molecule has 0 saturated carbocycles. The normalized spacial score (nSPS) is 14.9.